The van der Waals surface area contributed by atoms with Gasteiger partial charge in [-0.1, -0.05) is 74.5 Å². The van der Waals surface area contributed by atoms with E-state index in [1.54, 1.807) is 6.08 Å². The van der Waals surface area contributed by atoms with Crippen LogP contribution in [0.15, 0.2) is 72.8 Å². The van der Waals surface area contributed by atoms with Gasteiger partial charge in [-0.3, -0.25) is 4.90 Å². The lowest BCUT2D eigenvalue weighted by Gasteiger charge is -2.42. The number of likely N-dealkylation sites (N-methyl/N-ethyl adjacent to an activating group) is 1. The monoisotopic (exact) mass is 337 g/mol. The minimum Gasteiger partial charge on any atom is -0.463 e. The van der Waals surface area contributed by atoms with Crippen LogP contribution in [0.5, 0.6) is 0 Å². The Kier molecular flexibility index (Phi) is 6.96. The van der Waals surface area contributed by atoms with Gasteiger partial charge in [0.1, 0.15) is 0 Å². The van der Waals surface area contributed by atoms with E-state index in [4.69, 9.17) is 4.74 Å². The molecule has 0 amide bonds. The predicted octanol–water partition coefficient (Wildman–Crippen LogP) is 4.39. The SMILES string of the molecule is CCOC(=O)C=CC(c1ccccc1)(c1ccccc1)N(CC)CC. The Bertz CT molecular complexity index is 636. The third kappa shape index (κ3) is 4.18. The Morgan fingerprint density at radius 3 is 1.80 bits per heavy atom. The number of benzene rings is 2. The van der Waals surface area contributed by atoms with E-state index in [-0.39, 0.29) is 5.97 Å². The summed E-state index contributed by atoms with van der Waals surface area (Å²) >= 11 is 0. The predicted molar refractivity (Wildman–Crippen MR) is 102 cm³/mol. The van der Waals surface area contributed by atoms with E-state index >= 15 is 0 Å². The van der Waals surface area contributed by atoms with Crippen LogP contribution in [-0.4, -0.2) is 30.6 Å². The van der Waals surface area contributed by atoms with Gasteiger partial charge in [-0.05, 0) is 37.2 Å². The van der Waals surface area contributed by atoms with Crippen LogP contribution in [0.1, 0.15) is 31.9 Å². The molecule has 0 unspecified atom stereocenters. The minimum absolute atomic E-state index is 0.314. The molecule has 2 aromatic rings. The molecular weight excluding hydrogens is 310 g/mol. The highest BCUT2D eigenvalue weighted by molar-refractivity contribution is 5.82. The van der Waals surface area contributed by atoms with Crippen molar-refractivity contribution in [2.45, 2.75) is 26.3 Å². The maximum atomic E-state index is 12.0. The van der Waals surface area contributed by atoms with Gasteiger partial charge in [0.15, 0.2) is 0 Å². The lowest BCUT2D eigenvalue weighted by Crippen LogP contribution is -2.45. The maximum Gasteiger partial charge on any atom is 0.330 e. The van der Waals surface area contributed by atoms with Gasteiger partial charge < -0.3 is 4.74 Å². The molecule has 3 nitrogen and oxygen atoms in total. The normalized spacial score (nSPS) is 11.8. The molecule has 0 aliphatic rings. The first kappa shape index (κ1) is 18.9. The van der Waals surface area contributed by atoms with Crippen LogP contribution in [0.4, 0.5) is 0 Å². The number of ether oxygens (including phenoxy) is 1. The molecule has 0 heterocycles. The number of carbonyl (C=O) groups is 1. The van der Waals surface area contributed by atoms with E-state index in [2.05, 4.69) is 43.0 Å². The molecule has 0 aromatic heterocycles. The Morgan fingerprint density at radius 2 is 1.40 bits per heavy atom. The fraction of sp³-hybridized carbons (Fsp3) is 0.318. The minimum atomic E-state index is -0.515. The van der Waals surface area contributed by atoms with Crippen LogP contribution >= 0.6 is 0 Å². The highest BCUT2D eigenvalue weighted by Gasteiger charge is 2.36. The Balaban J connectivity index is 2.67. The van der Waals surface area contributed by atoms with Gasteiger partial charge in [0.05, 0.1) is 12.1 Å². The van der Waals surface area contributed by atoms with Gasteiger partial charge >= 0.3 is 5.97 Å². The van der Waals surface area contributed by atoms with Crippen molar-refractivity contribution in [1.82, 2.24) is 4.90 Å². The molecule has 0 spiro atoms. The zero-order chi connectivity index (χ0) is 18.1. The number of carbonyl (C=O) groups excluding carboxylic acids is 1. The summed E-state index contributed by atoms with van der Waals surface area (Å²) in [4.78, 5) is 14.4. The van der Waals surface area contributed by atoms with Crippen molar-refractivity contribution in [3.8, 4) is 0 Å². The molecule has 0 radical (unpaired) electrons. The summed E-state index contributed by atoms with van der Waals surface area (Å²) in [5.41, 5.74) is 1.74. The molecular formula is C22H27NO2. The Hall–Kier alpha value is -2.39. The molecule has 25 heavy (non-hydrogen) atoms. The van der Waals surface area contributed by atoms with Crippen molar-refractivity contribution in [1.29, 1.82) is 0 Å². The van der Waals surface area contributed by atoms with Gasteiger partial charge in [-0.15, -0.1) is 0 Å². The zero-order valence-corrected chi connectivity index (χ0v) is 15.3. The zero-order valence-electron chi connectivity index (χ0n) is 15.3. The largest absolute Gasteiger partial charge is 0.463 e. The number of rotatable bonds is 8. The quantitative estimate of drug-likeness (QED) is 0.528. The van der Waals surface area contributed by atoms with Crippen LogP contribution < -0.4 is 0 Å². The molecule has 3 heteroatoms. The summed E-state index contributed by atoms with van der Waals surface area (Å²) < 4.78 is 5.11. The van der Waals surface area contributed by atoms with Crippen molar-refractivity contribution in [2.24, 2.45) is 0 Å². The van der Waals surface area contributed by atoms with E-state index in [0.717, 1.165) is 24.2 Å². The highest BCUT2D eigenvalue weighted by Crippen LogP contribution is 2.37. The van der Waals surface area contributed by atoms with Crippen LogP contribution in [0.3, 0.4) is 0 Å². The molecule has 0 atom stereocenters. The first-order valence-electron chi connectivity index (χ1n) is 8.91. The number of hydrogen-bond acceptors (Lipinski definition) is 3. The fourth-order valence-electron chi connectivity index (χ4n) is 3.32. The highest BCUT2D eigenvalue weighted by atomic mass is 16.5. The lowest BCUT2D eigenvalue weighted by molar-refractivity contribution is -0.137. The number of nitrogens with zero attached hydrogens (tertiary/aromatic N) is 1. The molecule has 0 aliphatic carbocycles. The molecule has 0 saturated carbocycles. The average molecular weight is 337 g/mol. The standard InChI is InChI=1S/C22H27NO2/c1-4-23(5-2)22(18-17-21(24)25-6-3,19-13-9-7-10-14-19)20-15-11-8-12-16-20/h7-18H,4-6H2,1-3H3. The molecule has 0 bridgehead atoms. The van der Waals surface area contributed by atoms with Crippen LogP contribution in [0.25, 0.3) is 0 Å². The van der Waals surface area contributed by atoms with Gasteiger partial charge in [0, 0.05) is 6.08 Å². The molecule has 2 aromatic carbocycles. The smallest absolute Gasteiger partial charge is 0.330 e. The average Bonchev–Trinajstić information content (AvgIpc) is 2.67. The van der Waals surface area contributed by atoms with Crippen molar-refractivity contribution in [2.75, 3.05) is 19.7 Å². The van der Waals surface area contributed by atoms with Gasteiger partial charge in [-0.25, -0.2) is 4.79 Å². The second kappa shape index (κ2) is 9.19. The summed E-state index contributed by atoms with van der Waals surface area (Å²) in [5, 5.41) is 0. The Morgan fingerprint density at radius 1 is 0.920 bits per heavy atom. The molecule has 0 N–H and O–H groups in total. The first-order valence-corrected chi connectivity index (χ1v) is 8.91. The van der Waals surface area contributed by atoms with Crippen molar-refractivity contribution in [3.63, 3.8) is 0 Å². The number of hydrogen-bond donors (Lipinski definition) is 0. The summed E-state index contributed by atoms with van der Waals surface area (Å²) in [5.74, 6) is -0.314. The molecule has 2 rings (SSSR count). The van der Waals surface area contributed by atoms with E-state index in [1.807, 2.05) is 49.4 Å². The molecule has 0 aliphatic heterocycles. The lowest BCUT2D eigenvalue weighted by atomic mass is 9.80. The van der Waals surface area contributed by atoms with Crippen molar-refractivity contribution >= 4 is 5.97 Å². The summed E-state index contributed by atoms with van der Waals surface area (Å²) in [6.45, 7) is 8.18. The summed E-state index contributed by atoms with van der Waals surface area (Å²) in [7, 11) is 0. The van der Waals surface area contributed by atoms with E-state index in [9.17, 15) is 4.79 Å². The second-order valence-electron chi connectivity index (χ2n) is 5.76. The van der Waals surface area contributed by atoms with Crippen LogP contribution in [0.2, 0.25) is 0 Å². The first-order chi connectivity index (χ1) is 12.2. The summed E-state index contributed by atoms with van der Waals surface area (Å²) in [6.07, 6.45) is 3.53. The molecule has 132 valence electrons. The van der Waals surface area contributed by atoms with E-state index in [0.29, 0.717) is 6.61 Å². The van der Waals surface area contributed by atoms with Crippen molar-refractivity contribution < 1.29 is 9.53 Å². The van der Waals surface area contributed by atoms with Gasteiger partial charge in [0.2, 0.25) is 0 Å². The topological polar surface area (TPSA) is 29.5 Å². The molecule has 0 saturated heterocycles. The number of esters is 1. The fourth-order valence-corrected chi connectivity index (χ4v) is 3.32. The van der Waals surface area contributed by atoms with E-state index < -0.39 is 5.54 Å². The summed E-state index contributed by atoms with van der Waals surface area (Å²) in [6, 6.07) is 20.6. The third-order valence-corrected chi connectivity index (χ3v) is 4.44. The second-order valence-corrected chi connectivity index (χ2v) is 5.76. The third-order valence-electron chi connectivity index (χ3n) is 4.44. The molecule has 0 fully saturated rings. The van der Waals surface area contributed by atoms with Crippen LogP contribution in [-0.2, 0) is 15.1 Å². The van der Waals surface area contributed by atoms with E-state index in [1.165, 1.54) is 0 Å². The van der Waals surface area contributed by atoms with Crippen molar-refractivity contribution in [3.05, 3.63) is 83.9 Å². The van der Waals surface area contributed by atoms with Crippen LogP contribution in [0, 0.1) is 0 Å². The Labute approximate surface area is 150 Å². The van der Waals surface area contributed by atoms with Gasteiger partial charge in [0.25, 0.3) is 0 Å². The van der Waals surface area contributed by atoms with Gasteiger partial charge in [-0.2, -0.15) is 0 Å². The maximum absolute atomic E-state index is 12.0.